The van der Waals surface area contributed by atoms with Crippen LogP contribution in [0, 0.1) is 28.6 Å². The van der Waals surface area contributed by atoms with E-state index < -0.39 is 0 Å². The van der Waals surface area contributed by atoms with Gasteiger partial charge in [0.2, 0.25) is 0 Å². The number of aromatic nitrogens is 1. The molecule has 0 N–H and O–H groups in total. The molecule has 0 saturated carbocycles. The third kappa shape index (κ3) is 2.43. The largest absolute Gasteiger partial charge is 0.307 e. The molecule has 1 unspecified atom stereocenters. The minimum absolute atomic E-state index is 0.504. The number of thiophene rings is 1. The van der Waals surface area contributed by atoms with Crippen molar-refractivity contribution in [2.24, 2.45) is 5.92 Å². The van der Waals surface area contributed by atoms with Gasteiger partial charge in [-0.15, -0.1) is 11.3 Å². The van der Waals surface area contributed by atoms with Crippen LogP contribution in [0.15, 0.2) is 60.7 Å². The number of nitriles is 2. The van der Waals surface area contributed by atoms with E-state index in [1.807, 2.05) is 17.4 Å². The molecule has 5 aromatic rings. The minimum atomic E-state index is 0.504. The molecule has 31 heavy (non-hydrogen) atoms. The summed E-state index contributed by atoms with van der Waals surface area (Å²) < 4.78 is 3.38. The monoisotopic (exact) mass is 415 g/mol. The predicted octanol–water partition coefficient (Wildman–Crippen LogP) is 6.95. The van der Waals surface area contributed by atoms with Crippen molar-refractivity contribution in [3.63, 3.8) is 0 Å². The maximum absolute atomic E-state index is 9.81. The van der Waals surface area contributed by atoms with Gasteiger partial charge < -0.3 is 4.57 Å². The minimum Gasteiger partial charge on any atom is -0.307 e. The molecule has 1 aliphatic rings. The quantitative estimate of drug-likeness (QED) is 0.297. The zero-order valence-corrected chi connectivity index (χ0v) is 17.7. The van der Waals surface area contributed by atoms with E-state index in [0.717, 1.165) is 22.8 Å². The van der Waals surface area contributed by atoms with Crippen LogP contribution >= 0.6 is 11.3 Å². The first-order valence-electron chi connectivity index (χ1n) is 10.3. The lowest BCUT2D eigenvalue weighted by atomic mass is 9.95. The fraction of sp³-hybridized carbons (Fsp3) is 0.111. The summed E-state index contributed by atoms with van der Waals surface area (Å²) in [5.74, 6) is 0.554. The molecule has 4 heteroatoms. The maximum atomic E-state index is 9.81. The Morgan fingerprint density at radius 2 is 1.68 bits per heavy atom. The third-order valence-corrected chi connectivity index (χ3v) is 7.47. The van der Waals surface area contributed by atoms with Crippen molar-refractivity contribution in [3.05, 3.63) is 82.2 Å². The smallest absolute Gasteiger partial charge is 0.101 e. The molecule has 1 atom stereocenters. The van der Waals surface area contributed by atoms with Crippen molar-refractivity contribution in [2.75, 3.05) is 0 Å². The van der Waals surface area contributed by atoms with Gasteiger partial charge in [-0.25, -0.2) is 0 Å². The first kappa shape index (κ1) is 18.0. The molecular weight excluding hydrogens is 398 g/mol. The van der Waals surface area contributed by atoms with Crippen LogP contribution in [0.5, 0.6) is 0 Å². The Balaban J connectivity index is 1.82. The van der Waals surface area contributed by atoms with Crippen molar-refractivity contribution in [2.45, 2.75) is 13.3 Å². The SMILES string of the molecule is CC1C=Cc2c(sc3c2ccc2c3c3ccccc3n2-c2c(C#N)cccc2C#N)C1. The molecule has 6 rings (SSSR count). The van der Waals surface area contributed by atoms with Crippen molar-refractivity contribution >= 4 is 49.3 Å². The summed E-state index contributed by atoms with van der Waals surface area (Å²) in [6, 6.07) is 22.6. The highest BCUT2D eigenvalue weighted by Gasteiger charge is 2.22. The van der Waals surface area contributed by atoms with Gasteiger partial charge in [-0.3, -0.25) is 0 Å². The van der Waals surface area contributed by atoms with Crippen LogP contribution in [0.3, 0.4) is 0 Å². The Kier molecular flexibility index (Phi) is 3.81. The van der Waals surface area contributed by atoms with Gasteiger partial charge in [0, 0.05) is 25.7 Å². The van der Waals surface area contributed by atoms with Gasteiger partial charge in [0.15, 0.2) is 0 Å². The molecular formula is C27H17N3S. The highest BCUT2D eigenvalue weighted by molar-refractivity contribution is 7.20. The van der Waals surface area contributed by atoms with Gasteiger partial charge in [0.1, 0.15) is 12.1 Å². The van der Waals surface area contributed by atoms with Crippen molar-refractivity contribution < 1.29 is 0 Å². The summed E-state index contributed by atoms with van der Waals surface area (Å²) in [6.07, 6.45) is 5.64. The summed E-state index contributed by atoms with van der Waals surface area (Å²) in [5, 5.41) is 23.3. The summed E-state index contributed by atoms with van der Waals surface area (Å²) in [6.45, 7) is 2.26. The maximum Gasteiger partial charge on any atom is 0.101 e. The number of fused-ring (bicyclic) bond motifs is 7. The van der Waals surface area contributed by atoms with E-state index in [1.165, 1.54) is 25.9 Å². The Bertz CT molecular complexity index is 1620. The Labute approximate surface area is 183 Å². The van der Waals surface area contributed by atoms with Crippen LogP contribution in [0.25, 0.3) is 43.7 Å². The predicted molar refractivity (Wildman–Crippen MR) is 127 cm³/mol. The van der Waals surface area contributed by atoms with E-state index in [-0.39, 0.29) is 0 Å². The lowest BCUT2D eigenvalue weighted by Gasteiger charge is -2.12. The van der Waals surface area contributed by atoms with Gasteiger partial charge in [0.25, 0.3) is 0 Å². The average molecular weight is 416 g/mol. The summed E-state index contributed by atoms with van der Waals surface area (Å²) in [7, 11) is 0. The second-order valence-corrected chi connectivity index (χ2v) is 9.20. The first-order chi connectivity index (χ1) is 15.2. The van der Waals surface area contributed by atoms with Crippen LogP contribution in [0.1, 0.15) is 28.5 Å². The van der Waals surface area contributed by atoms with Crippen molar-refractivity contribution in [3.8, 4) is 17.8 Å². The van der Waals surface area contributed by atoms with Crippen LogP contribution in [0.2, 0.25) is 0 Å². The molecule has 0 spiro atoms. The standard InChI is InChI=1S/C27H17N3S/c1-16-9-10-19-20-11-12-23-25(27(20)31-24(19)13-16)21-7-2-3-8-22(21)30(23)26-17(14-28)5-4-6-18(26)15-29/h2-12,16H,13H2,1H3. The number of benzene rings is 3. The topological polar surface area (TPSA) is 52.5 Å². The molecule has 3 aromatic carbocycles. The number of hydrogen-bond acceptors (Lipinski definition) is 3. The second kappa shape index (κ2) is 6.57. The molecule has 3 nitrogen and oxygen atoms in total. The molecule has 0 radical (unpaired) electrons. The highest BCUT2D eigenvalue weighted by atomic mass is 32.1. The van der Waals surface area contributed by atoms with Gasteiger partial charge in [0.05, 0.1) is 27.8 Å². The van der Waals surface area contributed by atoms with E-state index in [4.69, 9.17) is 0 Å². The Hall–Kier alpha value is -3.86. The van der Waals surface area contributed by atoms with E-state index in [2.05, 4.69) is 66.1 Å². The summed E-state index contributed by atoms with van der Waals surface area (Å²) in [4.78, 5) is 1.43. The molecule has 0 fully saturated rings. The average Bonchev–Trinajstić information content (AvgIpc) is 3.33. The zero-order valence-electron chi connectivity index (χ0n) is 16.9. The van der Waals surface area contributed by atoms with E-state index in [9.17, 15) is 10.5 Å². The zero-order chi connectivity index (χ0) is 21.1. The van der Waals surface area contributed by atoms with Crippen LogP contribution < -0.4 is 0 Å². The van der Waals surface area contributed by atoms with Gasteiger partial charge in [-0.1, -0.05) is 49.4 Å². The number of rotatable bonds is 1. The second-order valence-electron chi connectivity index (χ2n) is 8.09. The van der Waals surface area contributed by atoms with Crippen LogP contribution in [-0.2, 0) is 6.42 Å². The molecule has 0 bridgehead atoms. The van der Waals surface area contributed by atoms with E-state index in [0.29, 0.717) is 22.7 Å². The molecule has 0 aliphatic heterocycles. The summed E-state index contributed by atoms with van der Waals surface area (Å²) >= 11 is 1.88. The van der Waals surface area contributed by atoms with Gasteiger partial charge in [-0.05, 0) is 42.2 Å². The number of para-hydroxylation sites is 2. The first-order valence-corrected chi connectivity index (χ1v) is 11.1. The van der Waals surface area contributed by atoms with Crippen molar-refractivity contribution in [1.29, 1.82) is 10.5 Å². The molecule has 2 aromatic heterocycles. The van der Waals surface area contributed by atoms with Crippen LogP contribution in [0.4, 0.5) is 0 Å². The molecule has 0 amide bonds. The fourth-order valence-electron chi connectivity index (χ4n) is 4.84. The lowest BCUT2D eigenvalue weighted by Crippen LogP contribution is -2.01. The number of allylic oxidation sites excluding steroid dienone is 1. The van der Waals surface area contributed by atoms with E-state index in [1.54, 1.807) is 18.2 Å². The van der Waals surface area contributed by atoms with Gasteiger partial charge in [-0.2, -0.15) is 10.5 Å². The normalized spacial score (nSPS) is 15.3. The third-order valence-electron chi connectivity index (χ3n) is 6.21. The molecule has 1 aliphatic carbocycles. The Morgan fingerprint density at radius 3 is 2.45 bits per heavy atom. The lowest BCUT2D eigenvalue weighted by molar-refractivity contribution is 0.728. The number of nitrogens with zero attached hydrogens (tertiary/aromatic N) is 3. The van der Waals surface area contributed by atoms with Gasteiger partial charge >= 0.3 is 0 Å². The summed E-state index contributed by atoms with van der Waals surface area (Å²) in [5.41, 5.74) is 5.05. The molecule has 2 heterocycles. The van der Waals surface area contributed by atoms with E-state index >= 15 is 0 Å². The highest BCUT2D eigenvalue weighted by Crippen LogP contribution is 2.44. The molecule has 146 valence electrons. The van der Waals surface area contributed by atoms with Crippen molar-refractivity contribution in [1.82, 2.24) is 4.57 Å². The molecule has 0 saturated heterocycles. The Morgan fingerprint density at radius 1 is 0.903 bits per heavy atom. The fourth-order valence-corrected chi connectivity index (χ4v) is 6.32. The number of hydrogen-bond donors (Lipinski definition) is 0. The van der Waals surface area contributed by atoms with Crippen LogP contribution in [-0.4, -0.2) is 4.57 Å².